The third kappa shape index (κ3) is 2.48. The topological polar surface area (TPSA) is 66.7 Å². The van der Waals surface area contributed by atoms with E-state index in [0.29, 0.717) is 25.1 Å². The molecule has 4 rings (SSSR count). The minimum Gasteiger partial charge on any atom is -0.472 e. The van der Waals surface area contributed by atoms with Gasteiger partial charge in [-0.1, -0.05) is 6.07 Å². The van der Waals surface area contributed by atoms with E-state index >= 15 is 0 Å². The molecule has 2 saturated heterocycles. The van der Waals surface area contributed by atoms with E-state index in [9.17, 15) is 9.59 Å². The summed E-state index contributed by atoms with van der Waals surface area (Å²) < 4.78 is 5.01. The van der Waals surface area contributed by atoms with Crippen LogP contribution in [0.2, 0.25) is 0 Å². The first kappa shape index (κ1) is 14.9. The van der Waals surface area contributed by atoms with Crippen molar-refractivity contribution in [3.05, 3.63) is 53.7 Å². The lowest BCUT2D eigenvalue weighted by Crippen LogP contribution is -2.39. The molecule has 2 aromatic rings. The fourth-order valence-electron chi connectivity index (χ4n) is 3.80. The number of carbonyl (C=O) groups is 2. The van der Waals surface area contributed by atoms with E-state index in [4.69, 9.17) is 4.42 Å². The van der Waals surface area contributed by atoms with Crippen LogP contribution >= 0.6 is 0 Å². The third-order valence-electron chi connectivity index (χ3n) is 4.92. The Kier molecular flexibility index (Phi) is 3.59. The molecule has 2 amide bonds. The Morgan fingerprint density at radius 3 is 2.96 bits per heavy atom. The van der Waals surface area contributed by atoms with Crippen LogP contribution < -0.4 is 0 Å². The molecule has 2 fully saturated rings. The summed E-state index contributed by atoms with van der Waals surface area (Å²) in [5, 5.41) is 0. The molecule has 124 valence electrons. The molecule has 0 N–H and O–H groups in total. The van der Waals surface area contributed by atoms with Crippen molar-refractivity contribution in [1.82, 2.24) is 14.8 Å². The Morgan fingerprint density at radius 2 is 2.21 bits per heavy atom. The van der Waals surface area contributed by atoms with Crippen molar-refractivity contribution in [2.75, 3.05) is 6.54 Å². The number of amides is 2. The molecule has 6 heteroatoms. The quantitative estimate of drug-likeness (QED) is 0.866. The summed E-state index contributed by atoms with van der Waals surface area (Å²) in [7, 11) is 0. The number of furan rings is 1. The zero-order valence-corrected chi connectivity index (χ0v) is 13.5. The van der Waals surface area contributed by atoms with Gasteiger partial charge in [-0.25, -0.2) is 0 Å². The molecule has 2 aliphatic rings. The Labute approximate surface area is 140 Å². The molecular weight excluding hydrogens is 306 g/mol. The van der Waals surface area contributed by atoms with Gasteiger partial charge in [0.25, 0.3) is 5.91 Å². The Hall–Kier alpha value is -2.63. The van der Waals surface area contributed by atoms with Crippen LogP contribution in [0.25, 0.3) is 0 Å². The molecule has 0 aliphatic carbocycles. The zero-order chi connectivity index (χ0) is 16.7. The molecule has 2 atom stereocenters. The van der Waals surface area contributed by atoms with Gasteiger partial charge in [0.15, 0.2) is 0 Å². The molecular formula is C18H19N3O3. The van der Waals surface area contributed by atoms with Crippen molar-refractivity contribution in [2.45, 2.75) is 38.4 Å². The maximum absolute atomic E-state index is 12.6. The van der Waals surface area contributed by atoms with Crippen LogP contribution in [0, 0.1) is 6.92 Å². The smallest absolute Gasteiger partial charge is 0.257 e. The van der Waals surface area contributed by atoms with Crippen LogP contribution in [-0.2, 0) is 11.3 Å². The molecule has 0 unspecified atom stereocenters. The van der Waals surface area contributed by atoms with Gasteiger partial charge in [-0.05, 0) is 31.5 Å². The number of likely N-dealkylation sites (tertiary alicyclic amines) is 2. The number of rotatable bonds is 3. The first-order valence-corrected chi connectivity index (χ1v) is 8.18. The zero-order valence-electron chi connectivity index (χ0n) is 13.5. The summed E-state index contributed by atoms with van der Waals surface area (Å²) in [4.78, 5) is 33.3. The largest absolute Gasteiger partial charge is 0.472 e. The van der Waals surface area contributed by atoms with E-state index in [2.05, 4.69) is 4.98 Å². The van der Waals surface area contributed by atoms with Crippen LogP contribution in [0.4, 0.5) is 0 Å². The van der Waals surface area contributed by atoms with Gasteiger partial charge in [-0.2, -0.15) is 0 Å². The maximum atomic E-state index is 12.6. The summed E-state index contributed by atoms with van der Waals surface area (Å²) in [6.07, 6.45) is 4.16. The number of aryl methyl sites for hydroxylation is 1. The van der Waals surface area contributed by atoms with Crippen LogP contribution in [0.3, 0.4) is 0 Å². The maximum Gasteiger partial charge on any atom is 0.257 e. The number of hydrogen-bond donors (Lipinski definition) is 0. The standard InChI is InChI=1S/C18H19N3O3/c1-12-3-2-4-14(19-12)10-21-15-5-7-20(16(15)9-17(21)22)18(23)13-6-8-24-11-13/h2-4,6,8,11,15-16H,5,7,9-10H2,1H3/t15-,16+/m1/s1. The van der Waals surface area contributed by atoms with Gasteiger partial charge in [-0.15, -0.1) is 0 Å². The highest BCUT2D eigenvalue weighted by molar-refractivity contribution is 5.95. The predicted octanol–water partition coefficient (Wildman–Crippen LogP) is 2.00. The van der Waals surface area contributed by atoms with Gasteiger partial charge in [0.1, 0.15) is 6.26 Å². The van der Waals surface area contributed by atoms with Crippen LogP contribution in [-0.4, -0.2) is 45.2 Å². The monoisotopic (exact) mass is 325 g/mol. The lowest BCUT2D eigenvalue weighted by molar-refractivity contribution is -0.129. The predicted molar refractivity (Wildman–Crippen MR) is 86.1 cm³/mol. The fraction of sp³-hybridized carbons (Fsp3) is 0.389. The molecule has 2 aliphatic heterocycles. The molecule has 4 heterocycles. The first-order valence-electron chi connectivity index (χ1n) is 8.18. The van der Waals surface area contributed by atoms with Gasteiger partial charge >= 0.3 is 0 Å². The van der Waals surface area contributed by atoms with Crippen molar-refractivity contribution in [2.24, 2.45) is 0 Å². The Balaban J connectivity index is 1.52. The summed E-state index contributed by atoms with van der Waals surface area (Å²) in [6.45, 7) is 3.12. The summed E-state index contributed by atoms with van der Waals surface area (Å²) in [5.41, 5.74) is 2.38. The highest BCUT2D eigenvalue weighted by Crippen LogP contribution is 2.34. The van der Waals surface area contributed by atoms with Crippen molar-refractivity contribution in [3.63, 3.8) is 0 Å². The third-order valence-corrected chi connectivity index (χ3v) is 4.92. The van der Waals surface area contributed by atoms with Crippen LogP contribution in [0.1, 0.15) is 34.6 Å². The van der Waals surface area contributed by atoms with Crippen molar-refractivity contribution < 1.29 is 14.0 Å². The molecule has 0 aromatic carbocycles. The Bertz CT molecular complexity index is 772. The number of hydrogen-bond acceptors (Lipinski definition) is 4. The summed E-state index contributed by atoms with van der Waals surface area (Å²) in [5.74, 6) is 0.0394. The van der Waals surface area contributed by atoms with E-state index in [1.807, 2.05) is 34.9 Å². The van der Waals surface area contributed by atoms with E-state index in [-0.39, 0.29) is 23.9 Å². The van der Waals surface area contributed by atoms with E-state index < -0.39 is 0 Å². The lowest BCUT2D eigenvalue weighted by atomic mass is 10.1. The van der Waals surface area contributed by atoms with Crippen LogP contribution in [0.5, 0.6) is 0 Å². The number of nitrogens with zero attached hydrogens (tertiary/aromatic N) is 3. The normalized spacial score (nSPS) is 23.0. The molecule has 6 nitrogen and oxygen atoms in total. The number of aromatic nitrogens is 1. The van der Waals surface area contributed by atoms with Gasteiger partial charge in [0.2, 0.25) is 5.91 Å². The average molecular weight is 325 g/mol. The second-order valence-corrected chi connectivity index (χ2v) is 6.43. The average Bonchev–Trinajstić information content (AvgIpc) is 3.26. The molecule has 0 bridgehead atoms. The molecule has 2 aromatic heterocycles. The number of pyridine rings is 1. The highest BCUT2D eigenvalue weighted by atomic mass is 16.3. The van der Waals surface area contributed by atoms with E-state index in [0.717, 1.165) is 17.8 Å². The molecule has 0 spiro atoms. The number of carbonyl (C=O) groups excluding carboxylic acids is 2. The van der Waals surface area contributed by atoms with Gasteiger partial charge in [0, 0.05) is 18.7 Å². The van der Waals surface area contributed by atoms with Crippen LogP contribution in [0.15, 0.2) is 41.2 Å². The van der Waals surface area contributed by atoms with Gasteiger partial charge in [-0.3, -0.25) is 14.6 Å². The molecule has 0 radical (unpaired) electrons. The Morgan fingerprint density at radius 1 is 1.33 bits per heavy atom. The fourth-order valence-corrected chi connectivity index (χ4v) is 3.80. The van der Waals surface area contributed by atoms with Crippen molar-refractivity contribution in [3.8, 4) is 0 Å². The summed E-state index contributed by atoms with van der Waals surface area (Å²) >= 11 is 0. The molecule has 0 saturated carbocycles. The lowest BCUT2D eigenvalue weighted by Gasteiger charge is -2.25. The second-order valence-electron chi connectivity index (χ2n) is 6.43. The summed E-state index contributed by atoms with van der Waals surface area (Å²) in [6, 6.07) is 7.54. The molecule has 24 heavy (non-hydrogen) atoms. The highest BCUT2D eigenvalue weighted by Gasteiger charge is 2.48. The minimum absolute atomic E-state index is 0.0512. The van der Waals surface area contributed by atoms with E-state index in [1.165, 1.54) is 12.5 Å². The van der Waals surface area contributed by atoms with Crippen molar-refractivity contribution in [1.29, 1.82) is 0 Å². The minimum atomic E-state index is -0.0559. The SMILES string of the molecule is Cc1cccc(CN2C(=O)C[C@H]3[C@H]2CCN3C(=O)c2ccoc2)n1. The van der Waals surface area contributed by atoms with E-state index in [1.54, 1.807) is 6.07 Å². The number of fused-ring (bicyclic) bond motifs is 1. The second kappa shape index (κ2) is 5.78. The van der Waals surface area contributed by atoms with Gasteiger partial charge < -0.3 is 14.2 Å². The van der Waals surface area contributed by atoms with Gasteiger partial charge in [0.05, 0.1) is 36.1 Å². The van der Waals surface area contributed by atoms with Crippen molar-refractivity contribution >= 4 is 11.8 Å². The first-order chi connectivity index (χ1) is 11.6.